The lowest BCUT2D eigenvalue weighted by atomic mass is 10.1. The molecule has 1 aromatic carbocycles. The van der Waals surface area contributed by atoms with E-state index in [2.05, 4.69) is 25.1 Å². The van der Waals surface area contributed by atoms with Crippen molar-refractivity contribution < 1.29 is 4.79 Å². The quantitative estimate of drug-likeness (QED) is 0.886. The first-order valence-electron chi connectivity index (χ1n) is 8.40. The second-order valence-corrected chi connectivity index (χ2v) is 6.55. The van der Waals surface area contributed by atoms with Gasteiger partial charge in [-0.15, -0.1) is 0 Å². The molecule has 0 radical (unpaired) electrons. The van der Waals surface area contributed by atoms with Crippen LogP contribution in [0.5, 0.6) is 0 Å². The van der Waals surface area contributed by atoms with Crippen molar-refractivity contribution in [3.63, 3.8) is 0 Å². The molecule has 3 rings (SSSR count). The number of carbonyl (C=O) groups excluding carboxylic acids is 1. The number of amides is 2. The Morgan fingerprint density at radius 3 is 2.83 bits per heavy atom. The summed E-state index contributed by atoms with van der Waals surface area (Å²) in [5.41, 5.74) is 2.00. The Hall–Kier alpha value is -2.34. The molecule has 1 atom stereocenters. The van der Waals surface area contributed by atoms with Crippen molar-refractivity contribution in [2.75, 3.05) is 25.0 Å². The minimum Gasteiger partial charge on any atom is -0.338 e. The summed E-state index contributed by atoms with van der Waals surface area (Å²) >= 11 is 0. The van der Waals surface area contributed by atoms with E-state index in [0.29, 0.717) is 12.5 Å². The summed E-state index contributed by atoms with van der Waals surface area (Å²) in [6, 6.07) is 7.67. The first kappa shape index (κ1) is 16.5. The average Bonchev–Trinajstić information content (AvgIpc) is 3.18. The molecule has 2 amide bonds. The van der Waals surface area contributed by atoms with E-state index in [1.165, 1.54) is 5.56 Å². The Morgan fingerprint density at radius 2 is 2.12 bits per heavy atom. The number of carbonyl (C=O) groups is 1. The van der Waals surface area contributed by atoms with Crippen molar-refractivity contribution in [1.29, 1.82) is 0 Å². The molecule has 1 aliphatic rings. The van der Waals surface area contributed by atoms with Gasteiger partial charge in [0, 0.05) is 38.2 Å². The van der Waals surface area contributed by atoms with Crippen LogP contribution in [-0.4, -0.2) is 40.1 Å². The SMILES string of the molecule is Cc1ccc(NC(=O)NC[C@H]2CCN(Cc3nccn3C)C2)cc1. The van der Waals surface area contributed by atoms with Crippen molar-refractivity contribution >= 4 is 11.7 Å². The van der Waals surface area contributed by atoms with Crippen LogP contribution in [0.2, 0.25) is 0 Å². The molecule has 0 saturated carbocycles. The van der Waals surface area contributed by atoms with Crippen LogP contribution in [0, 0.1) is 12.8 Å². The molecule has 0 bridgehead atoms. The Labute approximate surface area is 142 Å². The smallest absolute Gasteiger partial charge is 0.319 e. The van der Waals surface area contributed by atoms with Gasteiger partial charge in [0.25, 0.3) is 0 Å². The summed E-state index contributed by atoms with van der Waals surface area (Å²) in [6.07, 6.45) is 4.91. The predicted octanol–water partition coefficient (Wildman–Crippen LogP) is 2.37. The van der Waals surface area contributed by atoms with Crippen LogP contribution in [-0.2, 0) is 13.6 Å². The van der Waals surface area contributed by atoms with E-state index in [-0.39, 0.29) is 6.03 Å². The Morgan fingerprint density at radius 1 is 1.33 bits per heavy atom. The number of hydrogen-bond acceptors (Lipinski definition) is 3. The molecule has 1 aromatic heterocycles. The second-order valence-electron chi connectivity index (χ2n) is 6.55. The van der Waals surface area contributed by atoms with Crippen molar-refractivity contribution in [2.24, 2.45) is 13.0 Å². The van der Waals surface area contributed by atoms with Crippen molar-refractivity contribution in [3.05, 3.63) is 48.0 Å². The zero-order valence-electron chi connectivity index (χ0n) is 14.3. The van der Waals surface area contributed by atoms with Crippen LogP contribution in [0.1, 0.15) is 17.8 Å². The monoisotopic (exact) mass is 327 g/mol. The fraction of sp³-hybridized carbons (Fsp3) is 0.444. The number of nitrogens with one attached hydrogen (secondary N) is 2. The minimum absolute atomic E-state index is 0.138. The second kappa shape index (κ2) is 7.49. The van der Waals surface area contributed by atoms with Crippen molar-refractivity contribution in [1.82, 2.24) is 19.8 Å². The number of benzene rings is 1. The molecule has 24 heavy (non-hydrogen) atoms. The van der Waals surface area contributed by atoms with Gasteiger partial charge in [-0.25, -0.2) is 9.78 Å². The van der Waals surface area contributed by atoms with E-state index in [4.69, 9.17) is 0 Å². The van der Waals surface area contributed by atoms with Gasteiger partial charge in [-0.05, 0) is 37.9 Å². The average molecular weight is 327 g/mol. The van der Waals surface area contributed by atoms with E-state index < -0.39 is 0 Å². The van der Waals surface area contributed by atoms with Gasteiger partial charge in [-0.3, -0.25) is 4.90 Å². The molecular formula is C18H25N5O. The van der Waals surface area contributed by atoms with Crippen LogP contribution in [0.25, 0.3) is 0 Å². The molecule has 6 heteroatoms. The van der Waals surface area contributed by atoms with Crippen LogP contribution < -0.4 is 10.6 Å². The van der Waals surface area contributed by atoms with Gasteiger partial charge in [0.2, 0.25) is 0 Å². The number of nitrogens with zero attached hydrogens (tertiary/aromatic N) is 3. The highest BCUT2D eigenvalue weighted by Crippen LogP contribution is 2.17. The summed E-state index contributed by atoms with van der Waals surface area (Å²) in [7, 11) is 2.02. The van der Waals surface area contributed by atoms with Gasteiger partial charge < -0.3 is 15.2 Å². The number of rotatable bonds is 5. The number of likely N-dealkylation sites (tertiary alicyclic amines) is 1. The third-order valence-corrected chi connectivity index (χ3v) is 4.52. The zero-order chi connectivity index (χ0) is 16.9. The van der Waals surface area contributed by atoms with E-state index in [9.17, 15) is 4.79 Å². The standard InChI is InChI=1S/C18H25N5O/c1-14-3-5-16(6-4-14)21-18(24)20-11-15-7-9-23(12-15)13-17-19-8-10-22(17)2/h3-6,8,10,15H,7,9,11-13H2,1-2H3,(H2,20,21,24)/t15-/m1/s1. The van der Waals surface area contributed by atoms with E-state index in [1.807, 2.05) is 50.6 Å². The minimum atomic E-state index is -0.138. The fourth-order valence-electron chi connectivity index (χ4n) is 3.02. The van der Waals surface area contributed by atoms with Crippen molar-refractivity contribution in [2.45, 2.75) is 19.9 Å². The molecule has 2 heterocycles. The lowest BCUT2D eigenvalue weighted by Gasteiger charge is -2.16. The number of imidazole rings is 1. The zero-order valence-corrected chi connectivity index (χ0v) is 14.3. The lowest BCUT2D eigenvalue weighted by Crippen LogP contribution is -2.34. The van der Waals surface area contributed by atoms with E-state index in [0.717, 1.165) is 37.6 Å². The number of aromatic nitrogens is 2. The third-order valence-electron chi connectivity index (χ3n) is 4.52. The Balaban J connectivity index is 1.40. The molecule has 2 N–H and O–H groups in total. The van der Waals surface area contributed by atoms with Crippen LogP contribution in [0.15, 0.2) is 36.7 Å². The maximum atomic E-state index is 12.0. The highest BCUT2D eigenvalue weighted by Gasteiger charge is 2.23. The Kier molecular flexibility index (Phi) is 5.15. The summed E-state index contributed by atoms with van der Waals surface area (Å²) in [6.45, 7) is 5.65. The van der Waals surface area contributed by atoms with Gasteiger partial charge in [-0.2, -0.15) is 0 Å². The van der Waals surface area contributed by atoms with Gasteiger partial charge in [0.05, 0.1) is 6.54 Å². The Bertz CT molecular complexity index is 679. The first-order valence-corrected chi connectivity index (χ1v) is 8.40. The normalized spacial score (nSPS) is 17.8. The largest absolute Gasteiger partial charge is 0.338 e. The third kappa shape index (κ3) is 4.35. The summed E-state index contributed by atoms with van der Waals surface area (Å²) < 4.78 is 2.06. The molecule has 2 aromatic rings. The van der Waals surface area contributed by atoms with E-state index in [1.54, 1.807) is 0 Å². The topological polar surface area (TPSA) is 62.2 Å². The highest BCUT2D eigenvalue weighted by molar-refractivity contribution is 5.89. The predicted molar refractivity (Wildman–Crippen MR) is 94.8 cm³/mol. The lowest BCUT2D eigenvalue weighted by molar-refractivity contribution is 0.249. The van der Waals surface area contributed by atoms with Gasteiger partial charge in [0.1, 0.15) is 5.82 Å². The van der Waals surface area contributed by atoms with Gasteiger partial charge in [0.15, 0.2) is 0 Å². The number of urea groups is 1. The number of aryl methyl sites for hydroxylation is 2. The molecule has 1 aliphatic heterocycles. The fourth-order valence-corrected chi connectivity index (χ4v) is 3.02. The van der Waals surface area contributed by atoms with Gasteiger partial charge in [-0.1, -0.05) is 17.7 Å². The molecule has 6 nitrogen and oxygen atoms in total. The van der Waals surface area contributed by atoms with Gasteiger partial charge >= 0.3 is 6.03 Å². The summed E-state index contributed by atoms with van der Waals surface area (Å²) in [5, 5.41) is 5.85. The van der Waals surface area contributed by atoms with Crippen molar-refractivity contribution in [3.8, 4) is 0 Å². The maximum absolute atomic E-state index is 12.0. The maximum Gasteiger partial charge on any atom is 0.319 e. The molecule has 1 saturated heterocycles. The van der Waals surface area contributed by atoms with Crippen LogP contribution in [0.4, 0.5) is 10.5 Å². The molecule has 0 aliphatic carbocycles. The first-order chi connectivity index (χ1) is 11.6. The summed E-state index contributed by atoms with van der Waals surface area (Å²) in [5.74, 6) is 1.58. The van der Waals surface area contributed by atoms with Crippen LogP contribution >= 0.6 is 0 Å². The molecule has 128 valence electrons. The molecule has 0 spiro atoms. The molecule has 0 unspecified atom stereocenters. The molecule has 1 fully saturated rings. The number of hydrogen-bond donors (Lipinski definition) is 2. The van der Waals surface area contributed by atoms with Crippen LogP contribution in [0.3, 0.4) is 0 Å². The van der Waals surface area contributed by atoms with E-state index >= 15 is 0 Å². The molecular weight excluding hydrogens is 302 g/mol. The summed E-state index contributed by atoms with van der Waals surface area (Å²) in [4.78, 5) is 18.8. The number of anilines is 1. The highest BCUT2D eigenvalue weighted by atomic mass is 16.2.